The molecule has 1 saturated heterocycles. The Kier molecular flexibility index (Phi) is 5.11. The van der Waals surface area contributed by atoms with Crippen molar-refractivity contribution >= 4 is 18.3 Å². The minimum Gasteiger partial charge on any atom is -0.351 e. The van der Waals surface area contributed by atoms with Crippen molar-refractivity contribution in [2.24, 2.45) is 17.8 Å². The first-order valence-electron chi connectivity index (χ1n) is 8.61. The van der Waals surface area contributed by atoms with Crippen LogP contribution in [0.3, 0.4) is 0 Å². The Hall–Kier alpha value is -1.20. The fourth-order valence-electron chi connectivity index (χ4n) is 4.64. The maximum Gasteiger partial charge on any atom is 0.223 e. The molecule has 0 aromatic heterocycles. The van der Waals surface area contributed by atoms with Crippen LogP contribution < -0.4 is 10.6 Å². The molecule has 1 amide bonds. The third-order valence-electron chi connectivity index (χ3n) is 5.89. The van der Waals surface area contributed by atoms with Gasteiger partial charge in [-0.05, 0) is 55.3 Å². The second-order valence-electron chi connectivity index (χ2n) is 7.17. The Labute approximate surface area is 147 Å². The van der Waals surface area contributed by atoms with Gasteiger partial charge in [-0.1, -0.05) is 12.5 Å². The van der Waals surface area contributed by atoms with Gasteiger partial charge in [0.1, 0.15) is 0 Å². The summed E-state index contributed by atoms with van der Waals surface area (Å²) < 4.78 is 26.7. The van der Waals surface area contributed by atoms with Crippen LogP contribution in [0.4, 0.5) is 8.78 Å². The largest absolute Gasteiger partial charge is 0.351 e. The van der Waals surface area contributed by atoms with Crippen LogP contribution in [-0.2, 0) is 4.79 Å². The average molecular weight is 357 g/mol. The number of piperidine rings is 1. The summed E-state index contributed by atoms with van der Waals surface area (Å²) >= 11 is 0. The highest BCUT2D eigenvalue weighted by molar-refractivity contribution is 5.85. The van der Waals surface area contributed by atoms with Crippen LogP contribution in [-0.4, -0.2) is 25.0 Å². The monoisotopic (exact) mass is 356 g/mol. The van der Waals surface area contributed by atoms with E-state index < -0.39 is 11.6 Å². The Balaban J connectivity index is 0.00000169. The summed E-state index contributed by atoms with van der Waals surface area (Å²) in [4.78, 5) is 12.5. The molecule has 24 heavy (non-hydrogen) atoms. The molecule has 6 heteroatoms. The van der Waals surface area contributed by atoms with Crippen LogP contribution in [0.25, 0.3) is 0 Å². The van der Waals surface area contributed by atoms with Crippen molar-refractivity contribution in [3.63, 3.8) is 0 Å². The van der Waals surface area contributed by atoms with Crippen molar-refractivity contribution in [2.45, 2.75) is 37.6 Å². The smallest absolute Gasteiger partial charge is 0.223 e. The van der Waals surface area contributed by atoms with E-state index in [0.717, 1.165) is 18.5 Å². The van der Waals surface area contributed by atoms with Crippen LogP contribution in [0.5, 0.6) is 0 Å². The topological polar surface area (TPSA) is 41.1 Å². The third-order valence-corrected chi connectivity index (χ3v) is 5.89. The van der Waals surface area contributed by atoms with Crippen molar-refractivity contribution in [3.05, 3.63) is 35.4 Å². The molecule has 0 radical (unpaired) electrons. The molecule has 1 heterocycles. The minimum atomic E-state index is -0.825. The quantitative estimate of drug-likeness (QED) is 0.874. The van der Waals surface area contributed by atoms with Gasteiger partial charge in [-0.3, -0.25) is 4.79 Å². The molecule has 3 aliphatic rings. The molecule has 3 nitrogen and oxygen atoms in total. The summed E-state index contributed by atoms with van der Waals surface area (Å²) in [6, 6.07) is 4.04. The lowest BCUT2D eigenvalue weighted by Gasteiger charge is -2.33. The van der Waals surface area contributed by atoms with E-state index in [1.165, 1.54) is 31.4 Å². The number of carbonyl (C=O) groups excluding carboxylic acids is 1. The standard InChI is InChI=1S/C18H22F2N2O.ClH/c19-14-5-4-10(8-15(14)20)11-6-7-21-9-16(11)22-18(23)17-12-2-1-3-13(12)17;/h4-5,8,11-13,16-17,21H,1-3,6-7,9H2,(H,22,23);1H. The molecule has 132 valence electrons. The summed E-state index contributed by atoms with van der Waals surface area (Å²) in [5.41, 5.74) is 0.770. The minimum absolute atomic E-state index is 0. The Morgan fingerprint density at radius 2 is 1.88 bits per heavy atom. The Morgan fingerprint density at radius 3 is 2.58 bits per heavy atom. The van der Waals surface area contributed by atoms with Gasteiger partial charge in [0.15, 0.2) is 11.6 Å². The van der Waals surface area contributed by atoms with Crippen molar-refractivity contribution in [3.8, 4) is 0 Å². The number of hydrogen-bond donors (Lipinski definition) is 2. The highest BCUT2D eigenvalue weighted by Crippen LogP contribution is 2.57. The van der Waals surface area contributed by atoms with E-state index in [-0.39, 0.29) is 36.2 Å². The lowest BCUT2D eigenvalue weighted by molar-refractivity contribution is -0.124. The van der Waals surface area contributed by atoms with Crippen LogP contribution in [0.15, 0.2) is 18.2 Å². The van der Waals surface area contributed by atoms with Crippen LogP contribution >= 0.6 is 12.4 Å². The summed E-state index contributed by atoms with van der Waals surface area (Å²) in [7, 11) is 0. The maximum atomic E-state index is 13.5. The zero-order valence-electron chi connectivity index (χ0n) is 13.4. The first kappa shape index (κ1) is 17.6. The number of benzene rings is 1. The molecule has 0 bridgehead atoms. The van der Waals surface area contributed by atoms with E-state index in [0.29, 0.717) is 18.4 Å². The lowest BCUT2D eigenvalue weighted by atomic mass is 9.85. The molecule has 1 aromatic rings. The molecule has 4 atom stereocenters. The van der Waals surface area contributed by atoms with Crippen LogP contribution in [0.1, 0.15) is 37.2 Å². The summed E-state index contributed by atoms with van der Waals surface area (Å²) in [5.74, 6) is -0.0791. The molecule has 4 rings (SSSR count). The van der Waals surface area contributed by atoms with Gasteiger partial charge in [0.05, 0.1) is 0 Å². The van der Waals surface area contributed by atoms with Gasteiger partial charge >= 0.3 is 0 Å². The van der Waals surface area contributed by atoms with Gasteiger partial charge in [0.2, 0.25) is 5.91 Å². The number of halogens is 3. The van der Waals surface area contributed by atoms with E-state index in [9.17, 15) is 13.6 Å². The van der Waals surface area contributed by atoms with Gasteiger partial charge in [-0.2, -0.15) is 0 Å². The average Bonchev–Trinajstić information content (AvgIpc) is 3.04. The normalized spacial score (nSPS) is 34.2. The fraction of sp³-hybridized carbons (Fsp3) is 0.611. The van der Waals surface area contributed by atoms with E-state index in [4.69, 9.17) is 0 Å². The van der Waals surface area contributed by atoms with Crippen LogP contribution in [0, 0.1) is 29.4 Å². The zero-order chi connectivity index (χ0) is 16.0. The zero-order valence-corrected chi connectivity index (χ0v) is 14.3. The lowest BCUT2D eigenvalue weighted by Crippen LogP contribution is -2.50. The summed E-state index contributed by atoms with van der Waals surface area (Å²) in [5, 5.41) is 6.47. The number of nitrogens with one attached hydrogen (secondary N) is 2. The second-order valence-corrected chi connectivity index (χ2v) is 7.17. The number of carbonyl (C=O) groups is 1. The fourth-order valence-corrected chi connectivity index (χ4v) is 4.64. The van der Waals surface area contributed by atoms with Crippen molar-refractivity contribution < 1.29 is 13.6 Å². The molecule has 1 aromatic carbocycles. The van der Waals surface area contributed by atoms with E-state index in [1.54, 1.807) is 6.07 Å². The molecular weight excluding hydrogens is 334 g/mol. The van der Waals surface area contributed by atoms with Crippen molar-refractivity contribution in [1.82, 2.24) is 10.6 Å². The molecule has 0 spiro atoms. The molecule has 1 aliphatic heterocycles. The molecule has 2 aliphatic carbocycles. The van der Waals surface area contributed by atoms with Crippen molar-refractivity contribution in [1.29, 1.82) is 0 Å². The molecule has 4 unspecified atom stereocenters. The van der Waals surface area contributed by atoms with Gasteiger partial charge < -0.3 is 10.6 Å². The van der Waals surface area contributed by atoms with Gasteiger partial charge in [0, 0.05) is 24.4 Å². The Morgan fingerprint density at radius 1 is 1.12 bits per heavy atom. The predicted octanol–water partition coefficient (Wildman–Crippen LogP) is 2.99. The first-order chi connectivity index (χ1) is 11.1. The molecule has 2 N–H and O–H groups in total. The summed E-state index contributed by atoms with van der Waals surface area (Å²) in [6.07, 6.45) is 4.42. The number of rotatable bonds is 3. The van der Waals surface area contributed by atoms with E-state index in [1.807, 2.05) is 0 Å². The Bertz CT molecular complexity index is 617. The number of hydrogen-bond acceptors (Lipinski definition) is 2. The molecule has 3 fully saturated rings. The number of fused-ring (bicyclic) bond motifs is 1. The summed E-state index contributed by atoms with van der Waals surface area (Å²) in [6.45, 7) is 1.50. The SMILES string of the molecule is Cl.O=C(NC1CNCCC1c1ccc(F)c(F)c1)C1C2CCCC21. The number of amides is 1. The molecular formula is C18H23ClF2N2O. The highest BCUT2D eigenvalue weighted by Gasteiger charge is 2.56. The predicted molar refractivity (Wildman–Crippen MR) is 90.1 cm³/mol. The van der Waals surface area contributed by atoms with Gasteiger partial charge in [-0.15, -0.1) is 12.4 Å². The van der Waals surface area contributed by atoms with E-state index in [2.05, 4.69) is 10.6 Å². The third kappa shape index (κ3) is 3.16. The first-order valence-corrected chi connectivity index (χ1v) is 8.61. The maximum absolute atomic E-state index is 13.5. The van der Waals surface area contributed by atoms with Gasteiger partial charge in [-0.25, -0.2) is 8.78 Å². The van der Waals surface area contributed by atoms with Crippen molar-refractivity contribution in [2.75, 3.05) is 13.1 Å². The second kappa shape index (κ2) is 6.96. The van der Waals surface area contributed by atoms with E-state index >= 15 is 0 Å². The highest BCUT2D eigenvalue weighted by atomic mass is 35.5. The van der Waals surface area contributed by atoms with Gasteiger partial charge in [0.25, 0.3) is 0 Å². The van der Waals surface area contributed by atoms with Crippen LogP contribution in [0.2, 0.25) is 0 Å². The molecule has 2 saturated carbocycles.